The van der Waals surface area contributed by atoms with Crippen LogP contribution in [0.1, 0.15) is 65.7 Å². The average molecular weight is 208 g/mol. The van der Waals surface area contributed by atoms with Crippen molar-refractivity contribution in [2.24, 2.45) is 17.8 Å². The van der Waals surface area contributed by atoms with Crippen LogP contribution in [0.4, 0.5) is 0 Å². The molecule has 0 heterocycles. The zero-order chi connectivity index (χ0) is 11.1. The maximum atomic E-state index is 2.47. The van der Waals surface area contributed by atoms with E-state index in [1.165, 1.54) is 44.9 Å². The summed E-state index contributed by atoms with van der Waals surface area (Å²) in [5.74, 6) is 2.81. The van der Waals surface area contributed by atoms with E-state index in [2.05, 4.69) is 32.9 Å². The lowest BCUT2D eigenvalue weighted by molar-refractivity contribution is 0.307. The highest BCUT2D eigenvalue weighted by molar-refractivity contribution is 4.96. The normalized spacial score (nSPS) is 27.9. The summed E-state index contributed by atoms with van der Waals surface area (Å²) in [6.45, 7) is 7.03. The Bertz CT molecular complexity index is 180. The van der Waals surface area contributed by atoms with Crippen LogP contribution in [-0.4, -0.2) is 0 Å². The molecule has 1 aliphatic rings. The van der Waals surface area contributed by atoms with Crippen molar-refractivity contribution in [2.45, 2.75) is 65.7 Å². The lowest BCUT2D eigenvalue weighted by Gasteiger charge is -2.27. The van der Waals surface area contributed by atoms with E-state index in [-0.39, 0.29) is 0 Å². The lowest BCUT2D eigenvalue weighted by Crippen LogP contribution is -2.15. The highest BCUT2D eigenvalue weighted by Gasteiger charge is 2.19. The number of allylic oxidation sites excluding steroid dienone is 2. The van der Waals surface area contributed by atoms with E-state index in [1.807, 2.05) is 0 Å². The Morgan fingerprint density at radius 1 is 1.33 bits per heavy atom. The van der Waals surface area contributed by atoms with Crippen molar-refractivity contribution in [1.29, 1.82) is 0 Å². The fourth-order valence-corrected chi connectivity index (χ4v) is 2.71. The maximum absolute atomic E-state index is 2.47. The number of rotatable bonds is 6. The van der Waals surface area contributed by atoms with Crippen LogP contribution in [0.2, 0.25) is 0 Å². The first-order valence-electron chi connectivity index (χ1n) is 6.94. The van der Waals surface area contributed by atoms with Gasteiger partial charge >= 0.3 is 0 Å². The van der Waals surface area contributed by atoms with E-state index in [1.54, 1.807) is 0 Å². The van der Waals surface area contributed by atoms with Crippen molar-refractivity contribution in [2.75, 3.05) is 0 Å². The molecule has 0 aromatic rings. The molecule has 1 rings (SSSR count). The summed E-state index contributed by atoms with van der Waals surface area (Å²) in [5, 5.41) is 0. The number of hydrogen-bond donors (Lipinski definition) is 0. The Hall–Kier alpha value is -0.260. The first-order chi connectivity index (χ1) is 7.27. The van der Waals surface area contributed by atoms with Gasteiger partial charge < -0.3 is 0 Å². The molecule has 15 heavy (non-hydrogen) atoms. The van der Waals surface area contributed by atoms with Crippen LogP contribution in [0.25, 0.3) is 0 Å². The molecule has 0 aromatic carbocycles. The minimum Gasteiger partial charge on any atom is -0.0882 e. The molecule has 3 atom stereocenters. The maximum Gasteiger partial charge on any atom is -0.0208 e. The molecule has 0 aliphatic heterocycles. The van der Waals surface area contributed by atoms with Gasteiger partial charge in [0.25, 0.3) is 0 Å². The minimum absolute atomic E-state index is 0.885. The fourth-order valence-electron chi connectivity index (χ4n) is 2.71. The van der Waals surface area contributed by atoms with E-state index < -0.39 is 0 Å². The molecule has 1 aliphatic carbocycles. The molecule has 0 radical (unpaired) electrons. The molecule has 0 saturated heterocycles. The van der Waals surface area contributed by atoms with Crippen LogP contribution >= 0.6 is 0 Å². The zero-order valence-corrected chi connectivity index (χ0v) is 10.8. The zero-order valence-electron chi connectivity index (χ0n) is 10.8. The van der Waals surface area contributed by atoms with Crippen LogP contribution in [-0.2, 0) is 0 Å². The van der Waals surface area contributed by atoms with Crippen LogP contribution < -0.4 is 0 Å². The van der Waals surface area contributed by atoms with Gasteiger partial charge in [0.05, 0.1) is 0 Å². The summed E-state index contributed by atoms with van der Waals surface area (Å²) in [4.78, 5) is 0. The van der Waals surface area contributed by atoms with Crippen LogP contribution in [0.15, 0.2) is 12.2 Å². The predicted octanol–water partition coefficient (Wildman–Crippen LogP) is 5.20. The Balaban J connectivity index is 2.22. The second kappa shape index (κ2) is 7.09. The van der Waals surface area contributed by atoms with Gasteiger partial charge in [0.2, 0.25) is 0 Å². The van der Waals surface area contributed by atoms with Crippen molar-refractivity contribution in [3.05, 3.63) is 12.2 Å². The van der Waals surface area contributed by atoms with Crippen molar-refractivity contribution in [3.8, 4) is 0 Å². The molecule has 0 aromatic heterocycles. The molecule has 0 N–H and O–H groups in total. The largest absolute Gasteiger partial charge is 0.0882 e. The average Bonchev–Trinajstić information content (AvgIpc) is 2.29. The van der Waals surface area contributed by atoms with Gasteiger partial charge in [-0.2, -0.15) is 0 Å². The van der Waals surface area contributed by atoms with Gasteiger partial charge in [-0.3, -0.25) is 0 Å². The Kier molecular flexibility index (Phi) is 6.05. The Labute approximate surface area is 96.2 Å². The summed E-state index contributed by atoms with van der Waals surface area (Å²) in [6, 6.07) is 0. The molecule has 0 bridgehead atoms. The first kappa shape index (κ1) is 12.8. The molecule has 0 nitrogen and oxygen atoms in total. The van der Waals surface area contributed by atoms with Gasteiger partial charge in [0, 0.05) is 0 Å². The molecule has 0 heteroatoms. The first-order valence-corrected chi connectivity index (χ1v) is 6.94. The SMILES string of the molecule is CCC(C)CCCC1CCC=CC1CC. The molecule has 0 amide bonds. The van der Waals surface area contributed by atoms with Crippen molar-refractivity contribution in [3.63, 3.8) is 0 Å². The number of hydrogen-bond acceptors (Lipinski definition) is 0. The van der Waals surface area contributed by atoms with Gasteiger partial charge in [-0.1, -0.05) is 52.2 Å². The second-order valence-corrected chi connectivity index (χ2v) is 5.28. The highest BCUT2D eigenvalue weighted by Crippen LogP contribution is 2.31. The van der Waals surface area contributed by atoms with Crippen LogP contribution in [0, 0.1) is 17.8 Å². The van der Waals surface area contributed by atoms with E-state index in [9.17, 15) is 0 Å². The van der Waals surface area contributed by atoms with Gasteiger partial charge in [-0.25, -0.2) is 0 Å². The second-order valence-electron chi connectivity index (χ2n) is 5.28. The third-order valence-corrected chi connectivity index (χ3v) is 4.13. The quantitative estimate of drug-likeness (QED) is 0.527. The molecule has 3 unspecified atom stereocenters. The Morgan fingerprint density at radius 2 is 2.13 bits per heavy atom. The predicted molar refractivity (Wildman–Crippen MR) is 69.0 cm³/mol. The van der Waals surface area contributed by atoms with Gasteiger partial charge in [0.1, 0.15) is 0 Å². The molecular weight excluding hydrogens is 180 g/mol. The summed E-state index contributed by atoms with van der Waals surface area (Å²) in [7, 11) is 0. The lowest BCUT2D eigenvalue weighted by atomic mass is 9.79. The third-order valence-electron chi connectivity index (χ3n) is 4.13. The Morgan fingerprint density at radius 3 is 2.80 bits per heavy atom. The minimum atomic E-state index is 0.885. The topological polar surface area (TPSA) is 0 Å². The van der Waals surface area contributed by atoms with Gasteiger partial charge in [-0.15, -0.1) is 0 Å². The highest BCUT2D eigenvalue weighted by atomic mass is 14.2. The van der Waals surface area contributed by atoms with E-state index in [4.69, 9.17) is 0 Å². The standard InChI is InChI=1S/C15H28/c1-4-13(3)9-8-12-15-11-7-6-10-14(15)5-2/h6,10,13-15H,4-5,7-9,11-12H2,1-3H3. The smallest absolute Gasteiger partial charge is 0.0208 e. The summed E-state index contributed by atoms with van der Waals surface area (Å²) >= 11 is 0. The van der Waals surface area contributed by atoms with Crippen LogP contribution in [0.5, 0.6) is 0 Å². The monoisotopic (exact) mass is 208 g/mol. The van der Waals surface area contributed by atoms with Crippen molar-refractivity contribution in [1.82, 2.24) is 0 Å². The molecular formula is C15H28. The summed E-state index contributed by atoms with van der Waals surface area (Å²) in [5.41, 5.74) is 0. The molecule has 88 valence electrons. The van der Waals surface area contributed by atoms with Gasteiger partial charge in [0.15, 0.2) is 0 Å². The summed E-state index contributed by atoms with van der Waals surface area (Å²) in [6.07, 6.45) is 14.7. The van der Waals surface area contributed by atoms with E-state index >= 15 is 0 Å². The molecule has 0 fully saturated rings. The van der Waals surface area contributed by atoms with Crippen LogP contribution in [0.3, 0.4) is 0 Å². The van der Waals surface area contributed by atoms with Crippen molar-refractivity contribution < 1.29 is 0 Å². The summed E-state index contributed by atoms with van der Waals surface area (Å²) < 4.78 is 0. The fraction of sp³-hybridized carbons (Fsp3) is 0.867. The molecule has 0 saturated carbocycles. The third kappa shape index (κ3) is 4.40. The van der Waals surface area contributed by atoms with E-state index in [0.717, 1.165) is 17.8 Å². The molecule has 0 spiro atoms. The van der Waals surface area contributed by atoms with E-state index in [0.29, 0.717) is 0 Å². The van der Waals surface area contributed by atoms with Gasteiger partial charge in [-0.05, 0) is 43.4 Å². The van der Waals surface area contributed by atoms with Crippen molar-refractivity contribution >= 4 is 0 Å².